The average molecular weight is 237 g/mol. The van der Waals surface area contributed by atoms with Gasteiger partial charge in [-0.3, -0.25) is 10.5 Å². The Bertz CT molecular complexity index is 251. The number of allylic oxidation sites excluding steroid dienone is 2. The van der Waals surface area contributed by atoms with Gasteiger partial charge in [-0.25, -0.2) is 0 Å². The lowest BCUT2D eigenvalue weighted by Gasteiger charge is -2.23. The molecule has 0 bridgehead atoms. The van der Waals surface area contributed by atoms with E-state index in [4.69, 9.17) is 17.3 Å². The van der Waals surface area contributed by atoms with Crippen molar-refractivity contribution in [1.29, 1.82) is 0 Å². The summed E-state index contributed by atoms with van der Waals surface area (Å²) in [5.41, 5.74) is 4.35. The first-order valence-electron chi connectivity index (χ1n) is 2.85. The van der Waals surface area contributed by atoms with Crippen LogP contribution >= 0.6 is 27.5 Å². The monoisotopic (exact) mass is 236 g/mol. The van der Waals surface area contributed by atoms with E-state index in [0.29, 0.717) is 15.8 Å². The standard InChI is InChI=1S/C6H6BrClN2O/c7-4-2-10-6(9,3-11)1-5(4)8/h1-3,10H,9H2. The molecular weight excluding hydrogens is 231 g/mol. The van der Waals surface area contributed by atoms with Crippen LogP contribution in [0.1, 0.15) is 0 Å². The molecule has 0 saturated heterocycles. The van der Waals surface area contributed by atoms with Crippen LogP contribution in [0, 0.1) is 0 Å². The minimum atomic E-state index is -1.16. The van der Waals surface area contributed by atoms with Gasteiger partial charge >= 0.3 is 0 Å². The summed E-state index contributed by atoms with van der Waals surface area (Å²) >= 11 is 8.86. The van der Waals surface area contributed by atoms with Crippen LogP contribution in [0.15, 0.2) is 21.8 Å². The maximum absolute atomic E-state index is 10.4. The summed E-state index contributed by atoms with van der Waals surface area (Å²) in [6.07, 6.45) is 3.56. The van der Waals surface area contributed by atoms with Gasteiger partial charge < -0.3 is 5.32 Å². The Morgan fingerprint density at radius 3 is 2.91 bits per heavy atom. The Labute approximate surface area is 77.4 Å². The van der Waals surface area contributed by atoms with Gasteiger partial charge in [0.2, 0.25) is 0 Å². The first-order valence-corrected chi connectivity index (χ1v) is 4.02. The molecule has 1 atom stereocenters. The Morgan fingerprint density at radius 1 is 1.82 bits per heavy atom. The lowest BCUT2D eigenvalue weighted by molar-refractivity contribution is -0.111. The highest BCUT2D eigenvalue weighted by Gasteiger charge is 2.23. The van der Waals surface area contributed by atoms with Crippen LogP contribution in [0.4, 0.5) is 0 Å². The van der Waals surface area contributed by atoms with E-state index < -0.39 is 5.66 Å². The predicted molar refractivity (Wildman–Crippen MR) is 47.1 cm³/mol. The second kappa shape index (κ2) is 2.97. The van der Waals surface area contributed by atoms with E-state index in [9.17, 15) is 4.79 Å². The fraction of sp³-hybridized carbons (Fsp3) is 0.167. The Balaban J connectivity index is 2.93. The molecule has 1 heterocycles. The van der Waals surface area contributed by atoms with E-state index in [2.05, 4.69) is 21.2 Å². The molecule has 3 nitrogen and oxygen atoms in total. The van der Waals surface area contributed by atoms with Crippen molar-refractivity contribution in [2.75, 3.05) is 0 Å². The molecule has 3 N–H and O–H groups in total. The van der Waals surface area contributed by atoms with Gasteiger partial charge in [0.25, 0.3) is 0 Å². The Kier molecular flexibility index (Phi) is 2.37. The van der Waals surface area contributed by atoms with Crippen LogP contribution in [0.3, 0.4) is 0 Å². The zero-order valence-electron chi connectivity index (χ0n) is 5.47. The van der Waals surface area contributed by atoms with Gasteiger partial charge in [-0.05, 0) is 22.0 Å². The van der Waals surface area contributed by atoms with Crippen LogP contribution in [0.25, 0.3) is 0 Å². The summed E-state index contributed by atoms with van der Waals surface area (Å²) in [6, 6.07) is 0. The van der Waals surface area contributed by atoms with Crippen LogP contribution in [0.5, 0.6) is 0 Å². The number of nitrogens with two attached hydrogens (primary N) is 1. The van der Waals surface area contributed by atoms with Crippen molar-refractivity contribution in [2.45, 2.75) is 5.66 Å². The van der Waals surface area contributed by atoms with E-state index in [1.54, 1.807) is 0 Å². The van der Waals surface area contributed by atoms with Gasteiger partial charge in [0.1, 0.15) is 0 Å². The van der Waals surface area contributed by atoms with Gasteiger partial charge in [-0.2, -0.15) is 0 Å². The molecule has 1 rings (SSSR count). The second-order valence-electron chi connectivity index (χ2n) is 2.18. The van der Waals surface area contributed by atoms with Crippen molar-refractivity contribution in [2.24, 2.45) is 5.73 Å². The highest BCUT2D eigenvalue weighted by atomic mass is 79.9. The summed E-state index contributed by atoms with van der Waals surface area (Å²) < 4.78 is 0.682. The molecule has 0 aromatic heterocycles. The van der Waals surface area contributed by atoms with Crippen molar-refractivity contribution in [3.8, 4) is 0 Å². The molecule has 5 heteroatoms. The number of nitrogens with one attached hydrogen (secondary N) is 1. The largest absolute Gasteiger partial charge is 0.363 e. The number of hydrogen-bond donors (Lipinski definition) is 2. The van der Waals surface area contributed by atoms with E-state index >= 15 is 0 Å². The normalized spacial score (nSPS) is 30.1. The molecular formula is C6H6BrClN2O. The SMILES string of the molecule is NC1(C=O)C=C(Cl)C(Br)=CN1. The number of rotatable bonds is 1. The smallest absolute Gasteiger partial charge is 0.164 e. The first kappa shape index (κ1) is 8.77. The van der Waals surface area contributed by atoms with E-state index in [-0.39, 0.29) is 0 Å². The average Bonchev–Trinajstić information content (AvgIpc) is 1.98. The van der Waals surface area contributed by atoms with E-state index in [1.165, 1.54) is 12.3 Å². The zero-order chi connectivity index (χ0) is 8.48. The Hall–Kier alpha value is -0.320. The van der Waals surface area contributed by atoms with E-state index in [1.807, 2.05) is 0 Å². The van der Waals surface area contributed by atoms with Crippen LogP contribution in [-0.2, 0) is 4.79 Å². The molecule has 1 unspecified atom stereocenters. The highest BCUT2D eigenvalue weighted by Crippen LogP contribution is 2.24. The fourth-order valence-electron chi connectivity index (χ4n) is 0.646. The molecule has 0 fully saturated rings. The number of carbonyl (C=O) groups excluding carboxylic acids is 1. The van der Waals surface area contributed by atoms with Crippen molar-refractivity contribution in [3.63, 3.8) is 0 Å². The second-order valence-corrected chi connectivity index (χ2v) is 3.44. The number of halogens is 2. The molecule has 1 aliphatic heterocycles. The van der Waals surface area contributed by atoms with Crippen molar-refractivity contribution < 1.29 is 4.79 Å². The van der Waals surface area contributed by atoms with Crippen molar-refractivity contribution in [1.82, 2.24) is 5.32 Å². The number of aldehydes is 1. The highest BCUT2D eigenvalue weighted by molar-refractivity contribution is 9.12. The lowest BCUT2D eigenvalue weighted by Crippen LogP contribution is -2.52. The Morgan fingerprint density at radius 2 is 2.45 bits per heavy atom. The first-order chi connectivity index (χ1) is 5.07. The molecule has 0 radical (unpaired) electrons. The molecule has 1 aliphatic rings. The fourth-order valence-corrected chi connectivity index (χ4v) is 1.11. The predicted octanol–water partition coefficient (Wildman–Crippen LogP) is 0.802. The molecule has 0 aliphatic carbocycles. The van der Waals surface area contributed by atoms with Gasteiger partial charge in [0, 0.05) is 6.20 Å². The topological polar surface area (TPSA) is 55.1 Å². The molecule has 60 valence electrons. The lowest BCUT2D eigenvalue weighted by atomic mass is 10.1. The molecule has 0 aromatic carbocycles. The van der Waals surface area contributed by atoms with Gasteiger partial charge in [0.15, 0.2) is 11.9 Å². The number of hydrogen-bond acceptors (Lipinski definition) is 3. The number of carbonyl (C=O) groups is 1. The quantitative estimate of drug-likeness (QED) is 0.664. The van der Waals surface area contributed by atoms with Gasteiger partial charge in [-0.15, -0.1) is 0 Å². The van der Waals surface area contributed by atoms with Crippen LogP contribution in [-0.4, -0.2) is 11.9 Å². The molecule has 0 amide bonds. The summed E-state index contributed by atoms with van der Waals surface area (Å²) in [4.78, 5) is 10.4. The minimum absolute atomic E-state index is 0.429. The van der Waals surface area contributed by atoms with Crippen molar-refractivity contribution >= 4 is 33.8 Å². The number of dihydropyridines is 1. The zero-order valence-corrected chi connectivity index (χ0v) is 7.82. The van der Waals surface area contributed by atoms with Crippen molar-refractivity contribution in [3.05, 3.63) is 21.8 Å². The molecule has 0 aromatic rings. The maximum Gasteiger partial charge on any atom is 0.164 e. The van der Waals surface area contributed by atoms with Gasteiger partial charge in [0.05, 0.1) is 9.51 Å². The summed E-state index contributed by atoms with van der Waals surface area (Å²) in [5.74, 6) is 0. The third-order valence-electron chi connectivity index (χ3n) is 1.24. The van der Waals surface area contributed by atoms with Crippen LogP contribution in [0.2, 0.25) is 0 Å². The molecule has 0 saturated carbocycles. The third kappa shape index (κ3) is 1.83. The van der Waals surface area contributed by atoms with E-state index in [0.717, 1.165) is 0 Å². The summed E-state index contributed by atoms with van der Waals surface area (Å²) in [6.45, 7) is 0. The summed E-state index contributed by atoms with van der Waals surface area (Å²) in [7, 11) is 0. The van der Waals surface area contributed by atoms with Crippen LogP contribution < -0.4 is 11.1 Å². The maximum atomic E-state index is 10.4. The molecule has 0 spiro atoms. The third-order valence-corrected chi connectivity index (χ3v) is 2.43. The summed E-state index contributed by atoms with van der Waals surface area (Å²) in [5, 5.41) is 3.09. The minimum Gasteiger partial charge on any atom is -0.363 e. The van der Waals surface area contributed by atoms with Gasteiger partial charge in [-0.1, -0.05) is 11.6 Å². The molecule has 11 heavy (non-hydrogen) atoms.